The molecule has 0 atom stereocenters. The normalized spacial score (nSPS) is 11.3. The summed E-state index contributed by atoms with van der Waals surface area (Å²) in [6, 6.07) is 20.0. The lowest BCUT2D eigenvalue weighted by Gasteiger charge is -2.18. The van der Waals surface area contributed by atoms with E-state index in [0.29, 0.717) is 5.02 Å². The third kappa shape index (κ3) is 3.19. The number of aromatic nitrogens is 1. The number of hydrogen-bond acceptors (Lipinski definition) is 5. The van der Waals surface area contributed by atoms with E-state index >= 15 is 0 Å². The molecule has 0 spiro atoms. The SMILES string of the molecule is COc1ccc(C)cc1Nc1c2sc3cc(Cl)ccc3nc-2c2ccccc2c1=S. The van der Waals surface area contributed by atoms with Gasteiger partial charge in [0.1, 0.15) is 5.75 Å². The second kappa shape index (κ2) is 7.51. The lowest BCUT2D eigenvalue weighted by atomic mass is 10.0. The average Bonchev–Trinajstić information content (AvgIpc) is 2.75. The van der Waals surface area contributed by atoms with E-state index < -0.39 is 0 Å². The molecule has 6 heteroatoms. The van der Waals surface area contributed by atoms with E-state index in [2.05, 4.69) is 24.4 Å². The Labute approximate surface area is 188 Å². The first kappa shape index (κ1) is 19.2. The van der Waals surface area contributed by atoms with Crippen LogP contribution in [-0.2, 0) is 0 Å². The van der Waals surface area contributed by atoms with Gasteiger partial charge in [0, 0.05) is 15.8 Å². The van der Waals surface area contributed by atoms with Crippen LogP contribution in [0.5, 0.6) is 5.75 Å². The first-order valence-corrected chi connectivity index (χ1v) is 11.0. The minimum atomic E-state index is 0.689. The van der Waals surface area contributed by atoms with Crippen LogP contribution in [0.4, 0.5) is 11.4 Å². The predicted molar refractivity (Wildman–Crippen MR) is 131 cm³/mol. The number of benzene rings is 4. The number of anilines is 2. The molecule has 148 valence electrons. The van der Waals surface area contributed by atoms with Crippen molar-refractivity contribution in [2.45, 2.75) is 6.92 Å². The summed E-state index contributed by atoms with van der Waals surface area (Å²) in [6.45, 7) is 2.05. The van der Waals surface area contributed by atoms with Crippen LogP contribution in [0.2, 0.25) is 5.02 Å². The number of halogens is 1. The second-order valence-electron chi connectivity index (χ2n) is 7.08. The summed E-state index contributed by atoms with van der Waals surface area (Å²) in [7, 11) is 1.67. The first-order valence-electron chi connectivity index (χ1n) is 9.41. The van der Waals surface area contributed by atoms with E-state index in [1.807, 2.05) is 48.5 Å². The molecule has 3 nitrogen and oxygen atoms in total. The van der Waals surface area contributed by atoms with Gasteiger partial charge in [0.2, 0.25) is 0 Å². The van der Waals surface area contributed by atoms with Crippen molar-refractivity contribution in [2.24, 2.45) is 0 Å². The maximum Gasteiger partial charge on any atom is 0.142 e. The van der Waals surface area contributed by atoms with E-state index in [4.69, 9.17) is 33.5 Å². The van der Waals surface area contributed by atoms with Crippen molar-refractivity contribution in [1.29, 1.82) is 0 Å². The Hall–Kier alpha value is -2.73. The van der Waals surface area contributed by atoms with Crippen LogP contribution in [0, 0.1) is 11.4 Å². The topological polar surface area (TPSA) is 34.1 Å². The van der Waals surface area contributed by atoms with E-state index in [0.717, 1.165) is 58.8 Å². The van der Waals surface area contributed by atoms with Gasteiger partial charge >= 0.3 is 0 Å². The van der Waals surface area contributed by atoms with Crippen LogP contribution in [0.1, 0.15) is 5.56 Å². The highest BCUT2D eigenvalue weighted by molar-refractivity contribution is 7.72. The van der Waals surface area contributed by atoms with E-state index in [1.54, 1.807) is 18.4 Å². The molecule has 1 heterocycles. The number of hydrogen-bond donors (Lipinski definition) is 1. The smallest absolute Gasteiger partial charge is 0.142 e. The Bertz CT molecular complexity index is 1460. The van der Waals surface area contributed by atoms with E-state index in [9.17, 15) is 0 Å². The van der Waals surface area contributed by atoms with E-state index in [-0.39, 0.29) is 0 Å². The Morgan fingerprint density at radius 3 is 2.63 bits per heavy atom. The molecule has 0 radical (unpaired) electrons. The van der Waals surface area contributed by atoms with Crippen molar-refractivity contribution in [2.75, 3.05) is 12.4 Å². The Kier molecular flexibility index (Phi) is 4.82. The van der Waals surface area contributed by atoms with Crippen LogP contribution < -0.4 is 10.1 Å². The van der Waals surface area contributed by atoms with Gasteiger partial charge in [-0.15, -0.1) is 11.3 Å². The molecule has 1 N–H and O–H groups in total. The summed E-state index contributed by atoms with van der Waals surface area (Å²) in [6.07, 6.45) is 0. The number of aryl methyl sites for hydroxylation is 1. The molecule has 30 heavy (non-hydrogen) atoms. The fraction of sp³-hybridized carbons (Fsp3) is 0.0833. The third-order valence-electron chi connectivity index (χ3n) is 5.08. The summed E-state index contributed by atoms with van der Waals surface area (Å²) >= 11 is 13.8. The van der Waals surface area contributed by atoms with Gasteiger partial charge in [0.15, 0.2) is 0 Å². The minimum absolute atomic E-state index is 0.689. The van der Waals surface area contributed by atoms with Crippen molar-refractivity contribution < 1.29 is 4.74 Å². The zero-order valence-electron chi connectivity index (χ0n) is 16.3. The third-order valence-corrected chi connectivity index (χ3v) is 6.88. The van der Waals surface area contributed by atoms with Crippen LogP contribution in [-0.4, -0.2) is 12.1 Å². The Morgan fingerprint density at radius 2 is 1.83 bits per heavy atom. The standard InChI is InChI=1S/C24H17ClN2OS2/c1-13-7-10-19(28-2)18(11-13)27-22-23(29)16-6-4-3-5-15(16)21-24(22)30-20-12-14(25)8-9-17(20)26-21/h3-12,27H,1-2H3. The second-order valence-corrected chi connectivity index (χ2v) is 8.98. The molecule has 0 aromatic heterocycles. The number of methoxy groups -OCH3 is 1. The minimum Gasteiger partial charge on any atom is -0.495 e. The summed E-state index contributed by atoms with van der Waals surface area (Å²) in [5.41, 5.74) is 4.71. The van der Waals surface area contributed by atoms with Gasteiger partial charge in [0.05, 0.1) is 43.8 Å². The molecule has 3 aromatic rings. The molecule has 0 amide bonds. The molecule has 1 aliphatic heterocycles. The molecule has 0 saturated heterocycles. The molecular formula is C24H17ClN2OS2. The molecule has 2 aliphatic rings. The number of ether oxygens (including phenoxy) is 1. The molecular weight excluding hydrogens is 432 g/mol. The van der Waals surface area contributed by atoms with Gasteiger partial charge in [-0.2, -0.15) is 0 Å². The fourth-order valence-corrected chi connectivity index (χ4v) is 5.40. The molecule has 0 bridgehead atoms. The van der Waals surface area contributed by atoms with Crippen LogP contribution in [0.15, 0.2) is 60.7 Å². The Balaban J connectivity index is 1.87. The molecule has 0 unspecified atom stereocenters. The zero-order chi connectivity index (χ0) is 20.8. The maximum atomic E-state index is 6.25. The lowest BCUT2D eigenvalue weighted by Crippen LogP contribution is -2.00. The van der Waals surface area contributed by atoms with Gasteiger partial charge in [-0.3, -0.25) is 0 Å². The molecule has 3 aromatic carbocycles. The van der Waals surface area contributed by atoms with Gasteiger partial charge < -0.3 is 10.1 Å². The van der Waals surface area contributed by atoms with Crippen molar-refractivity contribution in [3.63, 3.8) is 0 Å². The number of nitrogens with zero attached hydrogens (tertiary/aromatic N) is 1. The van der Waals surface area contributed by atoms with Crippen LogP contribution in [0.25, 0.3) is 31.6 Å². The van der Waals surface area contributed by atoms with Crippen LogP contribution in [0.3, 0.4) is 0 Å². The van der Waals surface area contributed by atoms with Crippen molar-refractivity contribution >= 4 is 67.5 Å². The molecule has 1 aliphatic carbocycles. The largest absolute Gasteiger partial charge is 0.495 e. The lowest BCUT2D eigenvalue weighted by molar-refractivity contribution is 0.416. The fourth-order valence-electron chi connectivity index (χ4n) is 3.64. The van der Waals surface area contributed by atoms with Crippen molar-refractivity contribution in [3.8, 4) is 16.3 Å². The highest BCUT2D eigenvalue weighted by Crippen LogP contribution is 2.45. The highest BCUT2D eigenvalue weighted by atomic mass is 35.5. The molecule has 0 saturated carbocycles. The molecule has 0 fully saturated rings. The maximum absolute atomic E-state index is 6.25. The van der Waals surface area contributed by atoms with Gasteiger partial charge in [-0.25, -0.2) is 4.98 Å². The predicted octanol–water partition coefficient (Wildman–Crippen LogP) is 8.00. The quantitative estimate of drug-likeness (QED) is 0.172. The first-order chi connectivity index (χ1) is 14.5. The van der Waals surface area contributed by atoms with Crippen molar-refractivity contribution in [3.05, 3.63) is 75.8 Å². The number of nitrogens with one attached hydrogen (secondary N) is 1. The monoisotopic (exact) mass is 448 g/mol. The summed E-state index contributed by atoms with van der Waals surface area (Å²) in [4.78, 5) is 5.98. The Morgan fingerprint density at radius 1 is 1.03 bits per heavy atom. The number of rotatable bonds is 3. The highest BCUT2D eigenvalue weighted by Gasteiger charge is 2.20. The summed E-state index contributed by atoms with van der Waals surface area (Å²) < 4.78 is 7.35. The summed E-state index contributed by atoms with van der Waals surface area (Å²) in [5.74, 6) is 0.762. The summed E-state index contributed by atoms with van der Waals surface area (Å²) in [5, 5.41) is 6.29. The van der Waals surface area contributed by atoms with Crippen molar-refractivity contribution in [1.82, 2.24) is 4.98 Å². The average molecular weight is 449 g/mol. The van der Waals surface area contributed by atoms with Gasteiger partial charge in [-0.1, -0.05) is 54.2 Å². The van der Waals surface area contributed by atoms with Crippen LogP contribution >= 0.6 is 35.2 Å². The number of fused-ring (bicyclic) bond motifs is 4. The molecule has 5 rings (SSSR count). The zero-order valence-corrected chi connectivity index (χ0v) is 18.7. The van der Waals surface area contributed by atoms with Gasteiger partial charge in [0.25, 0.3) is 0 Å². The van der Waals surface area contributed by atoms with Gasteiger partial charge in [-0.05, 0) is 42.8 Å². The van der Waals surface area contributed by atoms with E-state index in [1.165, 1.54) is 0 Å².